The predicted octanol–water partition coefficient (Wildman–Crippen LogP) is 2.68. The van der Waals surface area contributed by atoms with Gasteiger partial charge in [-0.25, -0.2) is 0 Å². The van der Waals surface area contributed by atoms with E-state index in [1.54, 1.807) is 7.11 Å². The molecule has 1 aromatic carbocycles. The Morgan fingerprint density at radius 1 is 1.30 bits per heavy atom. The molecule has 1 N–H and O–H groups in total. The molecule has 5 heteroatoms. The number of para-hydroxylation sites is 1. The first-order valence-corrected chi connectivity index (χ1v) is 6.66. The lowest BCUT2D eigenvalue weighted by Crippen LogP contribution is -2.13. The summed E-state index contributed by atoms with van der Waals surface area (Å²) >= 11 is 0. The van der Waals surface area contributed by atoms with Crippen molar-refractivity contribution in [3.05, 3.63) is 41.3 Å². The first-order valence-electron chi connectivity index (χ1n) is 6.66. The second kappa shape index (κ2) is 6.96. The van der Waals surface area contributed by atoms with E-state index < -0.39 is 0 Å². The van der Waals surface area contributed by atoms with Gasteiger partial charge in [0.2, 0.25) is 0 Å². The van der Waals surface area contributed by atoms with Crippen LogP contribution in [-0.4, -0.2) is 18.9 Å². The van der Waals surface area contributed by atoms with Crippen LogP contribution in [0.1, 0.15) is 23.9 Å². The van der Waals surface area contributed by atoms with Crippen molar-refractivity contribution in [2.75, 3.05) is 13.7 Å². The van der Waals surface area contributed by atoms with Crippen molar-refractivity contribution >= 4 is 0 Å². The number of methoxy groups -OCH3 is 1. The first-order chi connectivity index (χ1) is 9.74. The number of hydrogen-bond donors (Lipinski definition) is 1. The average Bonchev–Trinajstić information content (AvgIpc) is 2.85. The number of aryl methyl sites for hydroxylation is 1. The average molecular weight is 276 g/mol. The lowest BCUT2D eigenvalue weighted by molar-refractivity contribution is 0.308. The molecule has 1 heterocycles. The number of nitrogens with one attached hydrogen (secondary N) is 1. The van der Waals surface area contributed by atoms with Gasteiger partial charge >= 0.3 is 0 Å². The summed E-state index contributed by atoms with van der Waals surface area (Å²) in [6.07, 6.45) is 0. The van der Waals surface area contributed by atoms with Gasteiger partial charge in [-0.3, -0.25) is 0 Å². The Kier molecular flexibility index (Phi) is 5.01. The molecule has 5 nitrogen and oxygen atoms in total. The van der Waals surface area contributed by atoms with Gasteiger partial charge in [0.05, 0.1) is 26.0 Å². The maximum absolute atomic E-state index is 5.56. The molecule has 1 aromatic heterocycles. The minimum Gasteiger partial charge on any atom is -0.493 e. The fourth-order valence-electron chi connectivity index (χ4n) is 2.02. The number of hydrogen-bond acceptors (Lipinski definition) is 5. The SMILES string of the molecule is CCOc1cccc(CNCc2cc(C)no2)c1OC. The van der Waals surface area contributed by atoms with E-state index in [0.29, 0.717) is 19.7 Å². The number of nitrogens with zero attached hydrogens (tertiary/aromatic N) is 1. The van der Waals surface area contributed by atoms with Gasteiger partial charge in [-0.05, 0) is 19.9 Å². The van der Waals surface area contributed by atoms with Crippen LogP contribution in [0.5, 0.6) is 11.5 Å². The third-order valence-corrected chi connectivity index (χ3v) is 2.86. The molecule has 0 radical (unpaired) electrons. The molecule has 0 aliphatic carbocycles. The molecular weight excluding hydrogens is 256 g/mol. The van der Waals surface area contributed by atoms with E-state index in [0.717, 1.165) is 28.5 Å². The van der Waals surface area contributed by atoms with E-state index in [4.69, 9.17) is 14.0 Å². The van der Waals surface area contributed by atoms with E-state index in [1.165, 1.54) is 0 Å². The Hall–Kier alpha value is -2.01. The quantitative estimate of drug-likeness (QED) is 0.842. The van der Waals surface area contributed by atoms with Gasteiger partial charge in [0.25, 0.3) is 0 Å². The van der Waals surface area contributed by atoms with Crippen molar-refractivity contribution < 1.29 is 14.0 Å². The zero-order valence-electron chi connectivity index (χ0n) is 12.1. The normalized spacial score (nSPS) is 10.6. The summed E-state index contributed by atoms with van der Waals surface area (Å²) in [6.45, 7) is 5.77. The highest BCUT2D eigenvalue weighted by Gasteiger charge is 2.09. The van der Waals surface area contributed by atoms with Gasteiger partial charge in [-0.1, -0.05) is 17.3 Å². The second-order valence-corrected chi connectivity index (χ2v) is 4.42. The molecule has 108 valence electrons. The van der Waals surface area contributed by atoms with Crippen molar-refractivity contribution in [1.29, 1.82) is 0 Å². The largest absolute Gasteiger partial charge is 0.493 e. The van der Waals surface area contributed by atoms with Gasteiger partial charge in [0.1, 0.15) is 0 Å². The summed E-state index contributed by atoms with van der Waals surface area (Å²) in [7, 11) is 1.65. The minimum absolute atomic E-state index is 0.616. The molecular formula is C15H20N2O3. The van der Waals surface area contributed by atoms with Crippen LogP contribution >= 0.6 is 0 Å². The summed E-state index contributed by atoms with van der Waals surface area (Å²) in [5, 5.41) is 7.16. The summed E-state index contributed by atoms with van der Waals surface area (Å²) in [6, 6.07) is 7.80. The number of aromatic nitrogens is 1. The molecule has 0 unspecified atom stereocenters. The molecule has 0 spiro atoms. The molecule has 0 atom stereocenters. The van der Waals surface area contributed by atoms with E-state index >= 15 is 0 Å². The maximum Gasteiger partial charge on any atom is 0.165 e. The Labute approximate surface area is 118 Å². The molecule has 0 saturated carbocycles. The van der Waals surface area contributed by atoms with Crippen LogP contribution in [0, 0.1) is 6.92 Å². The Balaban J connectivity index is 1.99. The van der Waals surface area contributed by atoms with Crippen LogP contribution in [0.4, 0.5) is 0 Å². The molecule has 0 aliphatic rings. The van der Waals surface area contributed by atoms with Crippen LogP contribution in [0.2, 0.25) is 0 Å². The van der Waals surface area contributed by atoms with Crippen molar-refractivity contribution in [2.45, 2.75) is 26.9 Å². The molecule has 0 fully saturated rings. The van der Waals surface area contributed by atoms with Crippen molar-refractivity contribution in [3.8, 4) is 11.5 Å². The number of ether oxygens (including phenoxy) is 2. The van der Waals surface area contributed by atoms with Crippen molar-refractivity contribution in [3.63, 3.8) is 0 Å². The van der Waals surface area contributed by atoms with E-state index in [1.807, 2.05) is 38.1 Å². The molecule has 2 aromatic rings. The molecule has 2 rings (SSSR count). The lowest BCUT2D eigenvalue weighted by atomic mass is 10.2. The van der Waals surface area contributed by atoms with Gasteiger partial charge in [0.15, 0.2) is 17.3 Å². The molecule has 20 heavy (non-hydrogen) atoms. The highest BCUT2D eigenvalue weighted by molar-refractivity contribution is 5.46. The Morgan fingerprint density at radius 2 is 2.15 bits per heavy atom. The zero-order chi connectivity index (χ0) is 14.4. The predicted molar refractivity (Wildman–Crippen MR) is 75.9 cm³/mol. The van der Waals surface area contributed by atoms with Gasteiger partial charge < -0.3 is 19.3 Å². The van der Waals surface area contributed by atoms with E-state index in [-0.39, 0.29) is 0 Å². The monoisotopic (exact) mass is 276 g/mol. The number of benzene rings is 1. The molecule has 0 aliphatic heterocycles. The van der Waals surface area contributed by atoms with Crippen LogP contribution in [0.25, 0.3) is 0 Å². The third-order valence-electron chi connectivity index (χ3n) is 2.86. The Morgan fingerprint density at radius 3 is 2.80 bits per heavy atom. The molecule has 0 bridgehead atoms. The zero-order valence-corrected chi connectivity index (χ0v) is 12.1. The smallest absolute Gasteiger partial charge is 0.165 e. The van der Waals surface area contributed by atoms with Gasteiger partial charge in [-0.2, -0.15) is 0 Å². The van der Waals surface area contributed by atoms with Gasteiger partial charge in [0, 0.05) is 18.2 Å². The maximum atomic E-state index is 5.56. The number of rotatable bonds is 7. The Bertz CT molecular complexity index is 552. The fourth-order valence-corrected chi connectivity index (χ4v) is 2.02. The standard InChI is InChI=1S/C15H20N2O3/c1-4-19-14-7-5-6-12(15(14)18-3)9-16-10-13-8-11(2)17-20-13/h5-8,16H,4,9-10H2,1-3H3. The highest BCUT2D eigenvalue weighted by atomic mass is 16.5. The van der Waals surface area contributed by atoms with Crippen LogP contribution in [0.15, 0.2) is 28.8 Å². The van der Waals surface area contributed by atoms with Crippen LogP contribution < -0.4 is 14.8 Å². The van der Waals surface area contributed by atoms with E-state index in [9.17, 15) is 0 Å². The third kappa shape index (κ3) is 3.51. The second-order valence-electron chi connectivity index (χ2n) is 4.42. The molecule has 0 saturated heterocycles. The first kappa shape index (κ1) is 14.4. The van der Waals surface area contributed by atoms with Gasteiger partial charge in [-0.15, -0.1) is 0 Å². The van der Waals surface area contributed by atoms with Crippen molar-refractivity contribution in [2.24, 2.45) is 0 Å². The fraction of sp³-hybridized carbons (Fsp3) is 0.400. The highest BCUT2D eigenvalue weighted by Crippen LogP contribution is 2.30. The minimum atomic E-state index is 0.616. The lowest BCUT2D eigenvalue weighted by Gasteiger charge is -2.13. The summed E-state index contributed by atoms with van der Waals surface area (Å²) in [4.78, 5) is 0. The summed E-state index contributed by atoms with van der Waals surface area (Å²) in [5.41, 5.74) is 1.94. The van der Waals surface area contributed by atoms with Crippen LogP contribution in [-0.2, 0) is 13.1 Å². The summed E-state index contributed by atoms with van der Waals surface area (Å²) < 4.78 is 16.1. The summed E-state index contributed by atoms with van der Waals surface area (Å²) in [5.74, 6) is 2.36. The van der Waals surface area contributed by atoms with Crippen LogP contribution in [0.3, 0.4) is 0 Å². The van der Waals surface area contributed by atoms with E-state index in [2.05, 4.69) is 10.5 Å². The topological polar surface area (TPSA) is 56.5 Å². The van der Waals surface area contributed by atoms with Crippen molar-refractivity contribution in [1.82, 2.24) is 10.5 Å². The molecule has 0 amide bonds.